The minimum atomic E-state index is -4.08. The maximum atomic E-state index is 13.0. The molecule has 3 atom stereocenters. The minimum absolute atomic E-state index is 0.0642. The molecule has 0 radical (unpaired) electrons. The number of aromatic nitrogens is 1. The van der Waals surface area contributed by atoms with Gasteiger partial charge in [0.15, 0.2) is 0 Å². The highest BCUT2D eigenvalue weighted by molar-refractivity contribution is 7.89. The number of nitrogens with one attached hydrogen (secondary N) is 2. The highest BCUT2D eigenvalue weighted by atomic mass is 32.2. The molecule has 14 heteroatoms. The third-order valence-electron chi connectivity index (χ3n) is 6.27. The number of thiol groups is 1. The Kier molecular flexibility index (Phi) is 7.73. The van der Waals surface area contributed by atoms with Crippen LogP contribution in [-0.2, 0) is 26.0 Å². The van der Waals surface area contributed by atoms with E-state index in [0.29, 0.717) is 37.5 Å². The van der Waals surface area contributed by atoms with Crippen LogP contribution >= 0.6 is 12.6 Å². The predicted molar refractivity (Wildman–Crippen MR) is 135 cm³/mol. The number of piperazine rings is 1. The second kappa shape index (κ2) is 10.7. The summed E-state index contributed by atoms with van der Waals surface area (Å²) in [5.74, 6) is -1.67. The Morgan fingerprint density at radius 1 is 1.27 bits per heavy atom. The van der Waals surface area contributed by atoms with E-state index in [0.717, 1.165) is 11.1 Å². The number of carbonyl (C=O) groups is 3. The fourth-order valence-corrected chi connectivity index (χ4v) is 5.98. The number of amides is 2. The van der Waals surface area contributed by atoms with Crippen molar-refractivity contribution < 1.29 is 32.6 Å². The molecule has 0 bridgehead atoms. The lowest BCUT2D eigenvalue weighted by Gasteiger charge is -2.55. The topological polar surface area (TPSA) is 158 Å². The number of hydrogen-bond acceptors (Lipinski definition) is 9. The minimum Gasteiger partial charge on any atom is -0.480 e. The highest BCUT2D eigenvalue weighted by Gasteiger charge is 2.60. The van der Waals surface area contributed by atoms with Gasteiger partial charge in [0.25, 0.3) is 0 Å². The molecule has 2 aliphatic rings. The first kappa shape index (κ1) is 26.9. The number of aliphatic carboxylic acids is 1. The zero-order valence-corrected chi connectivity index (χ0v) is 21.6. The van der Waals surface area contributed by atoms with E-state index in [1.807, 2.05) is 0 Å². The third kappa shape index (κ3) is 5.71. The summed E-state index contributed by atoms with van der Waals surface area (Å²) in [5, 5.41) is 13.0. The summed E-state index contributed by atoms with van der Waals surface area (Å²) in [6.45, 7) is 3.94. The molecule has 2 fully saturated rings. The van der Waals surface area contributed by atoms with Gasteiger partial charge < -0.3 is 25.0 Å². The van der Waals surface area contributed by atoms with E-state index in [-0.39, 0.29) is 11.3 Å². The molecule has 2 amide bonds. The average Bonchev–Trinajstić information content (AvgIpc) is 2.88. The average molecular weight is 550 g/mol. The van der Waals surface area contributed by atoms with Crippen LogP contribution in [-0.4, -0.2) is 89.4 Å². The van der Waals surface area contributed by atoms with Crippen LogP contribution in [0.1, 0.15) is 12.5 Å². The maximum Gasteiger partial charge on any atom is 0.415 e. The maximum absolute atomic E-state index is 13.0. The second-order valence-corrected chi connectivity index (χ2v) is 11.5. The van der Waals surface area contributed by atoms with Gasteiger partial charge in [-0.15, -0.1) is 12.6 Å². The Morgan fingerprint density at radius 2 is 1.95 bits per heavy atom. The predicted octanol–water partition coefficient (Wildman–Crippen LogP) is 0.317. The number of β-lactam (4-membered cyclic amide) rings is 1. The Labute approximate surface area is 219 Å². The molecule has 37 heavy (non-hydrogen) atoms. The summed E-state index contributed by atoms with van der Waals surface area (Å²) in [5.41, 5.74) is 0.575. The molecule has 3 heterocycles. The van der Waals surface area contributed by atoms with Crippen molar-refractivity contribution in [3.63, 3.8) is 0 Å². The van der Waals surface area contributed by atoms with Gasteiger partial charge in [-0.2, -0.15) is 4.72 Å². The van der Waals surface area contributed by atoms with Gasteiger partial charge in [0.1, 0.15) is 27.6 Å². The van der Waals surface area contributed by atoms with E-state index < -0.39 is 44.9 Å². The number of likely N-dealkylation sites (tertiary alicyclic amines) is 1. The monoisotopic (exact) mass is 549 g/mol. The number of sulfonamides is 1. The Morgan fingerprint density at radius 3 is 2.51 bits per heavy atom. The second-order valence-electron chi connectivity index (χ2n) is 8.85. The van der Waals surface area contributed by atoms with Gasteiger partial charge in [0, 0.05) is 45.0 Å². The van der Waals surface area contributed by atoms with Crippen molar-refractivity contribution >= 4 is 40.6 Å². The summed E-state index contributed by atoms with van der Waals surface area (Å²) in [4.78, 5) is 42.2. The summed E-state index contributed by atoms with van der Waals surface area (Å²) < 4.78 is 33.0. The number of carbonyl (C=O) groups excluding carboxylic acids is 2. The van der Waals surface area contributed by atoms with E-state index in [1.165, 1.54) is 25.3 Å². The molecule has 4 rings (SSSR count). The molecule has 2 aromatic rings. The van der Waals surface area contributed by atoms with Gasteiger partial charge in [-0.05, 0) is 36.8 Å². The van der Waals surface area contributed by atoms with Crippen LogP contribution in [0.15, 0.2) is 53.7 Å². The lowest BCUT2D eigenvalue weighted by molar-refractivity contribution is -0.166. The first-order valence-corrected chi connectivity index (χ1v) is 13.4. The molecule has 2 aliphatic heterocycles. The van der Waals surface area contributed by atoms with Gasteiger partial charge in [0.05, 0.1) is 0 Å². The van der Waals surface area contributed by atoms with Crippen molar-refractivity contribution in [3.05, 3.63) is 54.4 Å². The van der Waals surface area contributed by atoms with Crippen LogP contribution in [0.3, 0.4) is 0 Å². The number of carboxylic acid groups (broad SMARTS) is 1. The lowest BCUT2D eigenvalue weighted by atomic mass is 9.91. The molecule has 198 valence electrons. The Balaban J connectivity index is 1.43. The van der Waals surface area contributed by atoms with Crippen LogP contribution in [0, 0.1) is 0 Å². The Bertz CT molecular complexity index is 1270. The SMILES string of the molecule is CC1(S)[C@H](NS(=O)(=O)c2cccnc2)C(=O)N1[C@@H](Cc1ccc(OC(=O)N2CCNCC2)cc1)C(=O)O. The van der Waals surface area contributed by atoms with Gasteiger partial charge in [-0.1, -0.05) is 12.1 Å². The molecule has 1 aromatic heterocycles. The fraction of sp³-hybridized carbons (Fsp3) is 0.391. The molecular weight excluding hydrogens is 522 g/mol. The number of benzene rings is 1. The summed E-state index contributed by atoms with van der Waals surface area (Å²) >= 11 is 4.45. The lowest BCUT2D eigenvalue weighted by Crippen LogP contribution is -2.78. The van der Waals surface area contributed by atoms with E-state index in [2.05, 4.69) is 27.7 Å². The quantitative estimate of drug-likeness (QED) is 0.269. The molecule has 1 unspecified atom stereocenters. The van der Waals surface area contributed by atoms with E-state index in [1.54, 1.807) is 29.2 Å². The number of nitrogens with zero attached hydrogens (tertiary/aromatic N) is 3. The van der Waals surface area contributed by atoms with Crippen molar-refractivity contribution in [1.82, 2.24) is 24.8 Å². The molecule has 3 N–H and O–H groups in total. The van der Waals surface area contributed by atoms with Crippen molar-refractivity contribution in [2.45, 2.75) is 35.2 Å². The van der Waals surface area contributed by atoms with Crippen LogP contribution < -0.4 is 14.8 Å². The molecule has 0 aliphatic carbocycles. The molecular formula is C23H27N5O7S2. The normalized spacial score (nSPS) is 22.8. The molecule has 2 saturated heterocycles. The fourth-order valence-electron chi connectivity index (χ4n) is 4.25. The smallest absolute Gasteiger partial charge is 0.415 e. The van der Waals surface area contributed by atoms with Gasteiger partial charge in [0.2, 0.25) is 15.9 Å². The first-order chi connectivity index (χ1) is 17.5. The largest absolute Gasteiger partial charge is 0.480 e. The standard InChI is InChI=1S/C23H27N5O7S2/c1-23(36)19(26-37(33,34)17-3-2-8-25-14-17)20(29)28(23)18(21(30)31)13-15-4-6-16(7-5-15)35-22(32)27-11-9-24-10-12-27/h2-8,14,18-19,24,26,36H,9-13H2,1H3,(H,30,31)/t18-,19+,23?/m0/s1. The van der Waals surface area contributed by atoms with E-state index in [4.69, 9.17) is 4.74 Å². The van der Waals surface area contributed by atoms with Crippen molar-refractivity contribution in [3.8, 4) is 5.75 Å². The van der Waals surface area contributed by atoms with E-state index in [9.17, 15) is 27.9 Å². The first-order valence-electron chi connectivity index (χ1n) is 11.5. The van der Waals surface area contributed by atoms with Crippen LogP contribution in [0.5, 0.6) is 5.75 Å². The summed E-state index contributed by atoms with van der Waals surface area (Å²) in [6.07, 6.45) is 2.03. The summed E-state index contributed by atoms with van der Waals surface area (Å²) in [6, 6.07) is 6.53. The van der Waals surface area contributed by atoms with Crippen LogP contribution in [0.25, 0.3) is 0 Å². The van der Waals surface area contributed by atoms with Crippen molar-refractivity contribution in [2.75, 3.05) is 26.2 Å². The van der Waals surface area contributed by atoms with Gasteiger partial charge in [-0.25, -0.2) is 18.0 Å². The number of pyridine rings is 1. The summed E-state index contributed by atoms with van der Waals surface area (Å²) in [7, 11) is -4.08. The van der Waals surface area contributed by atoms with Crippen LogP contribution in [0.2, 0.25) is 0 Å². The molecule has 0 saturated carbocycles. The number of hydrogen-bond donors (Lipinski definition) is 4. The number of carboxylic acids is 1. The van der Waals surface area contributed by atoms with Crippen LogP contribution in [0.4, 0.5) is 4.79 Å². The number of rotatable bonds is 8. The van der Waals surface area contributed by atoms with Gasteiger partial charge in [-0.3, -0.25) is 9.78 Å². The third-order valence-corrected chi connectivity index (χ3v) is 8.15. The number of ether oxygens (including phenoxy) is 1. The molecule has 12 nitrogen and oxygen atoms in total. The van der Waals surface area contributed by atoms with Crippen molar-refractivity contribution in [2.24, 2.45) is 0 Å². The highest BCUT2D eigenvalue weighted by Crippen LogP contribution is 2.39. The van der Waals surface area contributed by atoms with Gasteiger partial charge >= 0.3 is 12.1 Å². The Hall–Kier alpha value is -3.20. The van der Waals surface area contributed by atoms with Crippen molar-refractivity contribution in [1.29, 1.82) is 0 Å². The zero-order valence-electron chi connectivity index (χ0n) is 19.9. The van der Waals surface area contributed by atoms with E-state index >= 15 is 0 Å². The molecule has 0 spiro atoms. The zero-order chi connectivity index (χ0) is 26.8. The molecule has 1 aromatic carbocycles.